The van der Waals surface area contributed by atoms with Crippen molar-refractivity contribution in [1.82, 2.24) is 0 Å². The van der Waals surface area contributed by atoms with Crippen LogP contribution in [-0.4, -0.2) is 6.61 Å². The highest BCUT2D eigenvalue weighted by atomic mass is 31.2. The number of rotatable bonds is 6. The Morgan fingerprint density at radius 1 is 0.947 bits per heavy atom. The monoisotopic (exact) mass is 272 g/mol. The van der Waals surface area contributed by atoms with Crippen molar-refractivity contribution < 1.29 is 9.09 Å². The lowest BCUT2D eigenvalue weighted by molar-refractivity contribution is 0.334. The fourth-order valence-electron chi connectivity index (χ4n) is 1.81. The lowest BCUT2D eigenvalue weighted by Crippen LogP contribution is -2.18. The standard InChI is InChI=1S/C16H17O2P/c1-2-3-14-18-19(17,15-10-6-4-7-11-15)16-12-8-5-9-13-16/h2,4-13H,1,3,14H2. The lowest BCUT2D eigenvalue weighted by Gasteiger charge is -2.19. The third kappa shape index (κ3) is 3.23. The number of benzene rings is 2. The van der Waals surface area contributed by atoms with Gasteiger partial charge in [0.1, 0.15) is 0 Å². The SMILES string of the molecule is C=CCCOP(=O)(c1ccccc1)c1ccccc1. The Morgan fingerprint density at radius 2 is 1.42 bits per heavy atom. The molecule has 0 aliphatic heterocycles. The smallest absolute Gasteiger partial charge is 0.261 e. The van der Waals surface area contributed by atoms with E-state index in [9.17, 15) is 4.57 Å². The average Bonchev–Trinajstić information content (AvgIpc) is 2.49. The minimum Gasteiger partial charge on any atom is -0.322 e. The molecule has 2 rings (SSSR count). The van der Waals surface area contributed by atoms with Crippen molar-refractivity contribution in [2.75, 3.05) is 6.61 Å². The topological polar surface area (TPSA) is 26.3 Å². The van der Waals surface area contributed by atoms with Crippen molar-refractivity contribution in [1.29, 1.82) is 0 Å². The zero-order valence-electron chi connectivity index (χ0n) is 10.7. The maximum atomic E-state index is 13.2. The van der Waals surface area contributed by atoms with Crippen molar-refractivity contribution in [3.8, 4) is 0 Å². The Kier molecular flexibility index (Phi) is 4.73. The van der Waals surface area contributed by atoms with Gasteiger partial charge in [0.05, 0.1) is 6.61 Å². The van der Waals surface area contributed by atoms with E-state index in [1.165, 1.54) is 0 Å². The molecule has 98 valence electrons. The van der Waals surface area contributed by atoms with Gasteiger partial charge < -0.3 is 4.52 Å². The van der Waals surface area contributed by atoms with Crippen LogP contribution >= 0.6 is 7.37 Å². The summed E-state index contributed by atoms with van der Waals surface area (Å²) in [6.45, 7) is 4.06. The molecule has 0 saturated carbocycles. The molecule has 0 heterocycles. The van der Waals surface area contributed by atoms with Gasteiger partial charge in [-0.25, -0.2) is 0 Å². The van der Waals surface area contributed by atoms with Crippen molar-refractivity contribution in [3.05, 3.63) is 73.3 Å². The Hall–Kier alpha value is -1.63. The first-order valence-electron chi connectivity index (χ1n) is 6.24. The first kappa shape index (κ1) is 13.8. The molecule has 0 aliphatic rings. The van der Waals surface area contributed by atoms with Gasteiger partial charge in [-0.1, -0.05) is 42.5 Å². The molecular weight excluding hydrogens is 255 g/mol. The van der Waals surface area contributed by atoms with Gasteiger partial charge in [-0.05, 0) is 30.7 Å². The molecule has 0 aromatic heterocycles. The molecule has 0 unspecified atom stereocenters. The molecule has 0 N–H and O–H groups in total. The Labute approximate surface area is 114 Å². The summed E-state index contributed by atoms with van der Waals surface area (Å²) in [5.74, 6) is 0. The largest absolute Gasteiger partial charge is 0.322 e. The van der Waals surface area contributed by atoms with Crippen LogP contribution in [0, 0.1) is 0 Å². The van der Waals surface area contributed by atoms with Crippen LogP contribution < -0.4 is 10.6 Å². The van der Waals surface area contributed by atoms with E-state index in [1.807, 2.05) is 60.7 Å². The maximum absolute atomic E-state index is 13.2. The third-order valence-corrected chi connectivity index (χ3v) is 5.29. The van der Waals surface area contributed by atoms with E-state index in [2.05, 4.69) is 6.58 Å². The van der Waals surface area contributed by atoms with E-state index in [-0.39, 0.29) is 0 Å². The Morgan fingerprint density at radius 3 is 1.84 bits per heavy atom. The zero-order valence-corrected chi connectivity index (χ0v) is 11.6. The van der Waals surface area contributed by atoms with Gasteiger partial charge in [0.25, 0.3) is 7.37 Å². The summed E-state index contributed by atoms with van der Waals surface area (Å²) >= 11 is 0. The van der Waals surface area contributed by atoms with Crippen LogP contribution in [0.2, 0.25) is 0 Å². The fourth-order valence-corrected chi connectivity index (χ4v) is 3.90. The maximum Gasteiger partial charge on any atom is 0.261 e. The van der Waals surface area contributed by atoms with Gasteiger partial charge in [-0.3, -0.25) is 4.57 Å². The van der Waals surface area contributed by atoms with Crippen molar-refractivity contribution in [3.63, 3.8) is 0 Å². The van der Waals surface area contributed by atoms with E-state index >= 15 is 0 Å². The van der Waals surface area contributed by atoms with E-state index in [4.69, 9.17) is 4.52 Å². The molecule has 0 amide bonds. The van der Waals surface area contributed by atoms with Gasteiger partial charge in [-0.2, -0.15) is 0 Å². The molecule has 0 bridgehead atoms. The van der Waals surface area contributed by atoms with Crippen molar-refractivity contribution in [2.24, 2.45) is 0 Å². The predicted octanol–water partition coefficient (Wildman–Crippen LogP) is 3.51. The van der Waals surface area contributed by atoms with Gasteiger partial charge in [0.15, 0.2) is 0 Å². The van der Waals surface area contributed by atoms with Crippen LogP contribution in [0.1, 0.15) is 6.42 Å². The second kappa shape index (κ2) is 6.51. The molecule has 2 aromatic carbocycles. The molecular formula is C16H17O2P. The number of hydrogen-bond donors (Lipinski definition) is 0. The normalized spacial score (nSPS) is 11.2. The number of hydrogen-bond acceptors (Lipinski definition) is 2. The van der Waals surface area contributed by atoms with Crippen molar-refractivity contribution in [2.45, 2.75) is 6.42 Å². The zero-order chi connectivity index (χ0) is 13.6. The third-order valence-electron chi connectivity index (χ3n) is 2.79. The van der Waals surface area contributed by atoms with Crippen molar-refractivity contribution >= 4 is 18.0 Å². The molecule has 0 fully saturated rings. The van der Waals surface area contributed by atoms with Gasteiger partial charge in [0.2, 0.25) is 0 Å². The molecule has 0 radical (unpaired) electrons. The minimum atomic E-state index is -3.00. The Bertz CT molecular complexity index is 520. The van der Waals surface area contributed by atoms with Crippen LogP contribution in [0.25, 0.3) is 0 Å². The molecule has 0 atom stereocenters. The van der Waals surface area contributed by atoms with Crippen LogP contribution in [0.4, 0.5) is 0 Å². The highest BCUT2D eigenvalue weighted by Crippen LogP contribution is 2.44. The van der Waals surface area contributed by atoms with Crippen LogP contribution in [0.3, 0.4) is 0 Å². The first-order chi connectivity index (χ1) is 9.27. The molecule has 0 saturated heterocycles. The van der Waals surface area contributed by atoms with Crippen LogP contribution in [-0.2, 0) is 9.09 Å². The summed E-state index contributed by atoms with van der Waals surface area (Å²) in [5.41, 5.74) is 0. The van der Waals surface area contributed by atoms with E-state index in [0.717, 1.165) is 10.6 Å². The summed E-state index contributed by atoms with van der Waals surface area (Å²) in [6, 6.07) is 18.7. The van der Waals surface area contributed by atoms with E-state index in [1.54, 1.807) is 6.08 Å². The predicted molar refractivity (Wildman–Crippen MR) is 80.5 cm³/mol. The quantitative estimate of drug-likeness (QED) is 0.457. The molecule has 0 aliphatic carbocycles. The highest BCUT2D eigenvalue weighted by molar-refractivity contribution is 7.74. The molecule has 3 heteroatoms. The molecule has 2 aromatic rings. The lowest BCUT2D eigenvalue weighted by atomic mass is 10.4. The minimum absolute atomic E-state index is 0.407. The van der Waals surface area contributed by atoms with E-state index in [0.29, 0.717) is 13.0 Å². The van der Waals surface area contributed by atoms with Crippen LogP contribution in [0.5, 0.6) is 0 Å². The Balaban J connectivity index is 2.39. The molecule has 2 nitrogen and oxygen atoms in total. The van der Waals surface area contributed by atoms with Crippen LogP contribution in [0.15, 0.2) is 73.3 Å². The summed E-state index contributed by atoms with van der Waals surface area (Å²) < 4.78 is 19.0. The first-order valence-corrected chi connectivity index (χ1v) is 7.86. The average molecular weight is 272 g/mol. The second-order valence-electron chi connectivity index (χ2n) is 4.13. The second-order valence-corrected chi connectivity index (χ2v) is 6.53. The summed E-state index contributed by atoms with van der Waals surface area (Å²) in [7, 11) is -3.00. The summed E-state index contributed by atoms with van der Waals surface area (Å²) in [6.07, 6.45) is 2.45. The summed E-state index contributed by atoms with van der Waals surface area (Å²) in [4.78, 5) is 0. The van der Waals surface area contributed by atoms with Gasteiger partial charge in [0, 0.05) is 10.6 Å². The van der Waals surface area contributed by atoms with Gasteiger partial charge in [-0.15, -0.1) is 6.58 Å². The summed E-state index contributed by atoms with van der Waals surface area (Å²) in [5, 5.41) is 1.45. The van der Waals surface area contributed by atoms with Gasteiger partial charge >= 0.3 is 0 Å². The molecule has 19 heavy (non-hydrogen) atoms. The highest BCUT2D eigenvalue weighted by Gasteiger charge is 2.27. The fraction of sp³-hybridized carbons (Fsp3) is 0.125. The van der Waals surface area contributed by atoms with E-state index < -0.39 is 7.37 Å². The molecule has 0 spiro atoms.